The minimum atomic E-state index is -3.45. The second kappa shape index (κ2) is 5.71. The van der Waals surface area contributed by atoms with Crippen LogP contribution in [0.5, 0.6) is 0 Å². The van der Waals surface area contributed by atoms with Crippen LogP contribution in [0.2, 0.25) is 0 Å². The van der Waals surface area contributed by atoms with Crippen molar-refractivity contribution < 1.29 is 8.42 Å². The standard InChI is InChI=1S/C16H24N2O2S/c1-16(10-4-5-11-16)18-21(19,20)15-7-3-2-6-13(15)12-17-14-8-9-14/h2-3,6-7,14,17-18H,4-5,8-12H2,1H3. The molecule has 0 amide bonds. The molecule has 2 aliphatic rings. The van der Waals surface area contributed by atoms with Crippen molar-refractivity contribution >= 4 is 10.0 Å². The van der Waals surface area contributed by atoms with Crippen molar-refractivity contribution in [1.82, 2.24) is 10.0 Å². The summed E-state index contributed by atoms with van der Waals surface area (Å²) >= 11 is 0. The number of hydrogen-bond acceptors (Lipinski definition) is 3. The van der Waals surface area contributed by atoms with Gasteiger partial charge in [-0.2, -0.15) is 0 Å². The highest BCUT2D eigenvalue weighted by Crippen LogP contribution is 2.31. The van der Waals surface area contributed by atoms with Crippen LogP contribution in [0.3, 0.4) is 0 Å². The first-order chi connectivity index (χ1) is 9.99. The SMILES string of the molecule is CC1(NS(=O)(=O)c2ccccc2CNC2CC2)CCCC1. The molecule has 0 bridgehead atoms. The molecule has 0 atom stereocenters. The minimum absolute atomic E-state index is 0.282. The van der Waals surface area contributed by atoms with E-state index in [1.807, 2.05) is 19.1 Å². The fourth-order valence-corrected chi connectivity index (χ4v) is 4.80. The molecule has 0 aliphatic heterocycles. The summed E-state index contributed by atoms with van der Waals surface area (Å²) in [6.07, 6.45) is 6.45. The molecule has 21 heavy (non-hydrogen) atoms. The van der Waals surface area contributed by atoms with Gasteiger partial charge in [-0.25, -0.2) is 13.1 Å². The van der Waals surface area contributed by atoms with Gasteiger partial charge in [0.05, 0.1) is 4.90 Å². The predicted molar refractivity (Wildman–Crippen MR) is 83.5 cm³/mol. The van der Waals surface area contributed by atoms with Gasteiger partial charge in [0.2, 0.25) is 10.0 Å². The molecule has 1 aromatic rings. The Labute approximate surface area is 127 Å². The summed E-state index contributed by atoms with van der Waals surface area (Å²) in [5.41, 5.74) is 0.578. The van der Waals surface area contributed by atoms with Crippen LogP contribution in [0, 0.1) is 0 Å². The van der Waals surface area contributed by atoms with Gasteiger partial charge in [-0.3, -0.25) is 0 Å². The quantitative estimate of drug-likeness (QED) is 0.849. The fraction of sp³-hybridized carbons (Fsp3) is 0.625. The lowest BCUT2D eigenvalue weighted by Crippen LogP contribution is -2.43. The summed E-state index contributed by atoms with van der Waals surface area (Å²) in [5.74, 6) is 0. The Morgan fingerprint density at radius 1 is 1.19 bits per heavy atom. The van der Waals surface area contributed by atoms with E-state index in [9.17, 15) is 8.42 Å². The monoisotopic (exact) mass is 308 g/mol. The average molecular weight is 308 g/mol. The lowest BCUT2D eigenvalue weighted by atomic mass is 10.0. The maximum absolute atomic E-state index is 12.7. The van der Waals surface area contributed by atoms with Crippen molar-refractivity contribution in [3.8, 4) is 0 Å². The highest BCUT2D eigenvalue weighted by Gasteiger charge is 2.34. The average Bonchev–Trinajstić information content (AvgIpc) is 3.18. The van der Waals surface area contributed by atoms with Crippen LogP contribution >= 0.6 is 0 Å². The van der Waals surface area contributed by atoms with Crippen molar-refractivity contribution in [1.29, 1.82) is 0 Å². The molecule has 0 heterocycles. The number of benzene rings is 1. The molecule has 0 saturated heterocycles. The predicted octanol–water partition coefficient (Wildman–Crippen LogP) is 2.55. The van der Waals surface area contributed by atoms with E-state index in [0.717, 1.165) is 31.2 Å². The Hall–Kier alpha value is -0.910. The largest absolute Gasteiger partial charge is 0.310 e. The van der Waals surface area contributed by atoms with Crippen LogP contribution in [-0.2, 0) is 16.6 Å². The van der Waals surface area contributed by atoms with E-state index < -0.39 is 10.0 Å². The van der Waals surface area contributed by atoms with Crippen molar-refractivity contribution in [2.24, 2.45) is 0 Å². The molecule has 2 N–H and O–H groups in total. The van der Waals surface area contributed by atoms with E-state index in [4.69, 9.17) is 0 Å². The zero-order chi connectivity index (χ0) is 14.9. The smallest absolute Gasteiger partial charge is 0.241 e. The van der Waals surface area contributed by atoms with Gasteiger partial charge in [-0.15, -0.1) is 0 Å². The molecule has 0 aromatic heterocycles. The van der Waals surface area contributed by atoms with Crippen LogP contribution in [0.15, 0.2) is 29.2 Å². The molecule has 2 fully saturated rings. The molecule has 5 heteroatoms. The Morgan fingerprint density at radius 3 is 2.52 bits per heavy atom. The second-order valence-electron chi connectivity index (χ2n) is 6.64. The van der Waals surface area contributed by atoms with Gasteiger partial charge in [0.25, 0.3) is 0 Å². The normalized spacial score (nSPS) is 21.6. The van der Waals surface area contributed by atoms with Gasteiger partial charge < -0.3 is 5.32 Å². The Bertz CT molecular complexity index is 602. The van der Waals surface area contributed by atoms with Gasteiger partial charge in [0.15, 0.2) is 0 Å². The highest BCUT2D eigenvalue weighted by molar-refractivity contribution is 7.89. The zero-order valence-electron chi connectivity index (χ0n) is 12.6. The lowest BCUT2D eigenvalue weighted by molar-refractivity contribution is 0.427. The number of rotatable bonds is 6. The number of sulfonamides is 1. The van der Waals surface area contributed by atoms with E-state index >= 15 is 0 Å². The minimum Gasteiger partial charge on any atom is -0.310 e. The third-order valence-electron chi connectivity index (χ3n) is 4.51. The molecule has 3 rings (SSSR count). The van der Waals surface area contributed by atoms with Crippen molar-refractivity contribution in [2.45, 2.75) is 68.5 Å². The van der Waals surface area contributed by atoms with Gasteiger partial charge >= 0.3 is 0 Å². The summed E-state index contributed by atoms with van der Waals surface area (Å²) in [7, 11) is -3.45. The van der Waals surface area contributed by atoms with E-state index in [2.05, 4.69) is 10.0 Å². The summed E-state index contributed by atoms with van der Waals surface area (Å²) in [5, 5.41) is 3.40. The van der Waals surface area contributed by atoms with Crippen LogP contribution in [0.4, 0.5) is 0 Å². The summed E-state index contributed by atoms with van der Waals surface area (Å²) in [6.45, 7) is 2.64. The van der Waals surface area contributed by atoms with Crippen LogP contribution in [0.1, 0.15) is 51.0 Å². The first kappa shape index (κ1) is 15.0. The molecule has 116 valence electrons. The van der Waals surface area contributed by atoms with Crippen molar-refractivity contribution in [3.63, 3.8) is 0 Å². The Morgan fingerprint density at radius 2 is 1.86 bits per heavy atom. The van der Waals surface area contributed by atoms with E-state index in [-0.39, 0.29) is 5.54 Å². The summed E-state index contributed by atoms with van der Waals surface area (Å²) < 4.78 is 28.4. The van der Waals surface area contributed by atoms with Crippen molar-refractivity contribution in [2.75, 3.05) is 0 Å². The molecular formula is C16H24N2O2S. The number of nitrogens with one attached hydrogen (secondary N) is 2. The third kappa shape index (κ3) is 3.65. The van der Waals surface area contributed by atoms with Crippen molar-refractivity contribution in [3.05, 3.63) is 29.8 Å². The summed E-state index contributed by atoms with van der Waals surface area (Å²) in [4.78, 5) is 0.422. The third-order valence-corrected chi connectivity index (χ3v) is 6.25. The summed E-state index contributed by atoms with van der Waals surface area (Å²) in [6, 6.07) is 7.89. The van der Waals surface area contributed by atoms with E-state index in [1.165, 1.54) is 12.8 Å². The molecule has 2 saturated carbocycles. The van der Waals surface area contributed by atoms with E-state index in [0.29, 0.717) is 17.5 Å². The first-order valence-electron chi connectivity index (χ1n) is 7.84. The van der Waals surface area contributed by atoms with Gasteiger partial charge in [0.1, 0.15) is 0 Å². The molecule has 0 spiro atoms. The molecule has 2 aliphatic carbocycles. The molecule has 4 nitrogen and oxygen atoms in total. The molecule has 0 radical (unpaired) electrons. The maximum atomic E-state index is 12.7. The topological polar surface area (TPSA) is 58.2 Å². The Kier molecular flexibility index (Phi) is 4.08. The van der Waals surface area contributed by atoms with E-state index in [1.54, 1.807) is 12.1 Å². The molecule has 1 aromatic carbocycles. The molecular weight excluding hydrogens is 284 g/mol. The van der Waals surface area contributed by atoms with Gasteiger partial charge in [-0.1, -0.05) is 31.0 Å². The maximum Gasteiger partial charge on any atom is 0.241 e. The number of hydrogen-bond donors (Lipinski definition) is 2. The highest BCUT2D eigenvalue weighted by atomic mass is 32.2. The lowest BCUT2D eigenvalue weighted by Gasteiger charge is -2.25. The fourth-order valence-electron chi connectivity index (χ4n) is 3.09. The second-order valence-corrected chi connectivity index (χ2v) is 8.29. The van der Waals surface area contributed by atoms with Crippen LogP contribution in [0.25, 0.3) is 0 Å². The Balaban J connectivity index is 1.80. The van der Waals surface area contributed by atoms with Gasteiger partial charge in [0, 0.05) is 18.1 Å². The zero-order valence-corrected chi connectivity index (χ0v) is 13.4. The first-order valence-corrected chi connectivity index (χ1v) is 9.32. The van der Waals surface area contributed by atoms with Crippen LogP contribution < -0.4 is 10.0 Å². The van der Waals surface area contributed by atoms with Gasteiger partial charge in [-0.05, 0) is 44.2 Å². The molecule has 0 unspecified atom stereocenters. The van der Waals surface area contributed by atoms with Crippen LogP contribution in [-0.4, -0.2) is 20.0 Å².